The average molecular weight is 277 g/mol. The number of aliphatic carboxylic acids is 1. The van der Waals surface area contributed by atoms with Gasteiger partial charge in [-0.3, -0.25) is 4.79 Å². The summed E-state index contributed by atoms with van der Waals surface area (Å²) in [6.45, 7) is 5.92. The minimum atomic E-state index is -0.720. The van der Waals surface area contributed by atoms with Crippen molar-refractivity contribution in [3.63, 3.8) is 0 Å². The SMILES string of the molecule is CCCC(C)(CN1CCCOc2ccccc21)C(=O)O. The molecular formula is C16H23NO3. The van der Waals surface area contributed by atoms with Crippen LogP contribution in [0.4, 0.5) is 5.69 Å². The number of anilines is 1. The average Bonchev–Trinajstić information content (AvgIpc) is 2.62. The van der Waals surface area contributed by atoms with Gasteiger partial charge in [-0.1, -0.05) is 25.5 Å². The zero-order chi connectivity index (χ0) is 14.6. The van der Waals surface area contributed by atoms with E-state index in [0.717, 1.165) is 30.8 Å². The first-order valence-corrected chi connectivity index (χ1v) is 7.27. The Morgan fingerprint density at radius 3 is 2.90 bits per heavy atom. The molecule has 1 aromatic rings. The zero-order valence-electron chi connectivity index (χ0n) is 12.3. The van der Waals surface area contributed by atoms with Crippen molar-refractivity contribution in [3.05, 3.63) is 24.3 Å². The molecule has 0 spiro atoms. The smallest absolute Gasteiger partial charge is 0.311 e. The molecule has 0 aliphatic carbocycles. The lowest BCUT2D eigenvalue weighted by Gasteiger charge is -2.33. The fourth-order valence-corrected chi connectivity index (χ4v) is 2.79. The second-order valence-electron chi connectivity index (χ2n) is 5.71. The normalized spacial score (nSPS) is 17.6. The van der Waals surface area contributed by atoms with Crippen molar-refractivity contribution in [2.75, 3.05) is 24.6 Å². The van der Waals surface area contributed by atoms with E-state index in [4.69, 9.17) is 4.74 Å². The maximum absolute atomic E-state index is 11.6. The molecule has 1 atom stereocenters. The fourth-order valence-electron chi connectivity index (χ4n) is 2.79. The van der Waals surface area contributed by atoms with E-state index in [0.29, 0.717) is 19.6 Å². The fraction of sp³-hybridized carbons (Fsp3) is 0.562. The van der Waals surface area contributed by atoms with Crippen LogP contribution < -0.4 is 9.64 Å². The van der Waals surface area contributed by atoms with Crippen LogP contribution >= 0.6 is 0 Å². The van der Waals surface area contributed by atoms with Crippen LogP contribution in [0.5, 0.6) is 5.75 Å². The summed E-state index contributed by atoms with van der Waals surface area (Å²) >= 11 is 0. The second-order valence-corrected chi connectivity index (χ2v) is 5.71. The van der Waals surface area contributed by atoms with Crippen LogP contribution in [0.1, 0.15) is 33.1 Å². The Morgan fingerprint density at radius 1 is 1.45 bits per heavy atom. The number of carboxylic acid groups (broad SMARTS) is 1. The lowest BCUT2D eigenvalue weighted by Crippen LogP contribution is -2.41. The number of rotatable bonds is 5. The van der Waals surface area contributed by atoms with Crippen molar-refractivity contribution in [3.8, 4) is 5.75 Å². The molecule has 1 unspecified atom stereocenters. The maximum Gasteiger partial charge on any atom is 0.311 e. The highest BCUT2D eigenvalue weighted by Crippen LogP contribution is 2.34. The standard InChI is InChI=1S/C16H23NO3/c1-3-9-16(2,15(18)19)12-17-10-6-11-20-14-8-5-4-7-13(14)17/h4-5,7-8H,3,6,9-12H2,1-2H3,(H,18,19). The molecule has 1 N–H and O–H groups in total. The van der Waals surface area contributed by atoms with Crippen molar-refractivity contribution in [1.29, 1.82) is 0 Å². The predicted molar refractivity (Wildman–Crippen MR) is 79.4 cm³/mol. The Hall–Kier alpha value is -1.71. The van der Waals surface area contributed by atoms with Crippen LogP contribution in [0.3, 0.4) is 0 Å². The number of benzene rings is 1. The molecule has 0 bridgehead atoms. The predicted octanol–water partition coefficient (Wildman–Crippen LogP) is 3.17. The molecule has 0 saturated heterocycles. The number of carbonyl (C=O) groups is 1. The van der Waals surface area contributed by atoms with Gasteiger partial charge in [0, 0.05) is 13.1 Å². The van der Waals surface area contributed by atoms with Crippen LogP contribution in [-0.2, 0) is 4.79 Å². The van der Waals surface area contributed by atoms with Crippen LogP contribution in [-0.4, -0.2) is 30.8 Å². The largest absolute Gasteiger partial charge is 0.491 e. The van der Waals surface area contributed by atoms with E-state index in [-0.39, 0.29) is 0 Å². The lowest BCUT2D eigenvalue weighted by atomic mass is 9.85. The molecule has 1 aliphatic heterocycles. The summed E-state index contributed by atoms with van der Waals surface area (Å²) < 4.78 is 5.72. The van der Waals surface area contributed by atoms with E-state index in [2.05, 4.69) is 4.90 Å². The first-order valence-electron chi connectivity index (χ1n) is 7.27. The van der Waals surface area contributed by atoms with Crippen LogP contribution in [0.2, 0.25) is 0 Å². The third-order valence-electron chi connectivity index (χ3n) is 3.89. The third-order valence-corrected chi connectivity index (χ3v) is 3.89. The summed E-state index contributed by atoms with van der Waals surface area (Å²) in [5.74, 6) is 0.135. The minimum absolute atomic E-state index is 0.524. The molecule has 0 aromatic heterocycles. The summed E-state index contributed by atoms with van der Waals surface area (Å²) in [5.41, 5.74) is 0.292. The quantitative estimate of drug-likeness (QED) is 0.898. The number of ether oxygens (including phenoxy) is 1. The molecule has 110 valence electrons. The van der Waals surface area contributed by atoms with Gasteiger partial charge in [0.2, 0.25) is 0 Å². The Labute approximate surface area is 120 Å². The molecule has 1 aromatic carbocycles. The van der Waals surface area contributed by atoms with Gasteiger partial charge in [0.05, 0.1) is 17.7 Å². The molecule has 0 saturated carbocycles. The molecule has 1 aliphatic rings. The molecule has 0 amide bonds. The monoisotopic (exact) mass is 277 g/mol. The van der Waals surface area contributed by atoms with E-state index in [1.165, 1.54) is 0 Å². The van der Waals surface area contributed by atoms with Gasteiger partial charge in [-0.25, -0.2) is 0 Å². The molecule has 20 heavy (non-hydrogen) atoms. The summed E-state index contributed by atoms with van der Waals surface area (Å²) in [5, 5.41) is 9.55. The Kier molecular flexibility index (Phi) is 4.53. The summed E-state index contributed by atoms with van der Waals surface area (Å²) in [4.78, 5) is 13.8. The summed E-state index contributed by atoms with van der Waals surface area (Å²) in [6, 6.07) is 7.88. The van der Waals surface area contributed by atoms with Gasteiger partial charge in [0.15, 0.2) is 0 Å². The van der Waals surface area contributed by atoms with E-state index in [9.17, 15) is 9.90 Å². The van der Waals surface area contributed by atoms with Crippen molar-refractivity contribution >= 4 is 11.7 Å². The number of hydrogen-bond acceptors (Lipinski definition) is 3. The van der Waals surface area contributed by atoms with Gasteiger partial charge in [0.1, 0.15) is 5.75 Å². The molecule has 4 nitrogen and oxygen atoms in total. The van der Waals surface area contributed by atoms with Crippen LogP contribution in [0, 0.1) is 5.41 Å². The Bertz CT molecular complexity index is 475. The van der Waals surface area contributed by atoms with E-state index < -0.39 is 11.4 Å². The first kappa shape index (κ1) is 14.7. The third kappa shape index (κ3) is 3.06. The molecule has 1 heterocycles. The van der Waals surface area contributed by atoms with Gasteiger partial charge >= 0.3 is 5.97 Å². The molecule has 0 fully saturated rings. The van der Waals surface area contributed by atoms with E-state index >= 15 is 0 Å². The molecule has 4 heteroatoms. The van der Waals surface area contributed by atoms with Crippen LogP contribution in [0.15, 0.2) is 24.3 Å². The van der Waals surface area contributed by atoms with Gasteiger partial charge < -0.3 is 14.7 Å². The molecular weight excluding hydrogens is 254 g/mol. The number of para-hydroxylation sites is 2. The van der Waals surface area contributed by atoms with Crippen LogP contribution in [0.25, 0.3) is 0 Å². The highest BCUT2D eigenvalue weighted by atomic mass is 16.5. The number of hydrogen-bond donors (Lipinski definition) is 1. The van der Waals surface area contributed by atoms with E-state index in [1.807, 2.05) is 38.1 Å². The number of carboxylic acids is 1. The Morgan fingerprint density at radius 2 is 2.20 bits per heavy atom. The number of nitrogens with zero attached hydrogens (tertiary/aromatic N) is 1. The minimum Gasteiger partial charge on any atom is -0.491 e. The van der Waals surface area contributed by atoms with Crippen molar-refractivity contribution in [1.82, 2.24) is 0 Å². The topological polar surface area (TPSA) is 49.8 Å². The van der Waals surface area contributed by atoms with Crippen molar-refractivity contribution in [2.45, 2.75) is 33.1 Å². The van der Waals surface area contributed by atoms with Crippen molar-refractivity contribution < 1.29 is 14.6 Å². The summed E-state index contributed by atoms with van der Waals surface area (Å²) in [6.07, 6.45) is 2.47. The lowest BCUT2D eigenvalue weighted by molar-refractivity contribution is -0.147. The van der Waals surface area contributed by atoms with Gasteiger partial charge in [-0.2, -0.15) is 0 Å². The van der Waals surface area contributed by atoms with Gasteiger partial charge in [-0.05, 0) is 31.9 Å². The highest BCUT2D eigenvalue weighted by Gasteiger charge is 2.35. The maximum atomic E-state index is 11.6. The van der Waals surface area contributed by atoms with Gasteiger partial charge in [-0.15, -0.1) is 0 Å². The molecule has 2 rings (SSSR count). The number of fused-ring (bicyclic) bond motifs is 1. The van der Waals surface area contributed by atoms with Crippen molar-refractivity contribution in [2.24, 2.45) is 5.41 Å². The second kappa shape index (κ2) is 6.16. The highest BCUT2D eigenvalue weighted by molar-refractivity contribution is 5.75. The van der Waals surface area contributed by atoms with E-state index in [1.54, 1.807) is 0 Å². The Balaban J connectivity index is 2.26. The first-order chi connectivity index (χ1) is 9.57. The van der Waals surface area contributed by atoms with Gasteiger partial charge in [0.25, 0.3) is 0 Å². The molecule has 0 radical (unpaired) electrons. The summed E-state index contributed by atoms with van der Waals surface area (Å²) in [7, 11) is 0. The zero-order valence-corrected chi connectivity index (χ0v) is 12.3.